The van der Waals surface area contributed by atoms with Crippen LogP contribution in [0.3, 0.4) is 0 Å². The normalized spacial score (nSPS) is 19.9. The fraction of sp³-hybridized carbons (Fsp3) is 0.500. The number of anilines is 1. The van der Waals surface area contributed by atoms with E-state index in [4.69, 9.17) is 4.74 Å². The number of carbonyl (C=O) groups excluding carboxylic acids is 1. The van der Waals surface area contributed by atoms with Crippen molar-refractivity contribution < 1.29 is 9.53 Å². The second-order valence-corrected chi connectivity index (χ2v) is 3.85. The van der Waals surface area contributed by atoms with Crippen molar-refractivity contribution in [3.63, 3.8) is 0 Å². The molecule has 2 rings (SSSR count). The maximum absolute atomic E-state index is 12.3. The maximum atomic E-state index is 12.3. The highest BCUT2D eigenvalue weighted by molar-refractivity contribution is 5.96. The van der Waals surface area contributed by atoms with Crippen LogP contribution in [0.5, 0.6) is 0 Å². The summed E-state index contributed by atoms with van der Waals surface area (Å²) in [5.41, 5.74) is 0.863. The van der Waals surface area contributed by atoms with Gasteiger partial charge in [-0.2, -0.15) is 0 Å². The number of ether oxygens (including phenoxy) is 1. The monoisotopic (exact) mass is 235 g/mol. The van der Waals surface area contributed by atoms with Crippen LogP contribution in [0.4, 0.5) is 5.69 Å². The van der Waals surface area contributed by atoms with Crippen LogP contribution in [0.2, 0.25) is 0 Å². The summed E-state index contributed by atoms with van der Waals surface area (Å²) in [6.45, 7) is 4.56. The van der Waals surface area contributed by atoms with Gasteiger partial charge in [-0.1, -0.05) is 0 Å². The zero-order chi connectivity index (χ0) is 12.1. The van der Waals surface area contributed by atoms with E-state index in [2.05, 4.69) is 10.3 Å². The minimum atomic E-state index is -0.378. The lowest BCUT2D eigenvalue weighted by molar-refractivity contribution is -0.131. The average molecular weight is 235 g/mol. The van der Waals surface area contributed by atoms with Gasteiger partial charge in [0.2, 0.25) is 0 Å². The van der Waals surface area contributed by atoms with Crippen LogP contribution in [-0.2, 0) is 9.53 Å². The highest BCUT2D eigenvalue weighted by Gasteiger charge is 2.26. The Labute approximate surface area is 101 Å². The van der Waals surface area contributed by atoms with Gasteiger partial charge in [0, 0.05) is 37.7 Å². The van der Waals surface area contributed by atoms with Crippen molar-refractivity contribution in [2.45, 2.75) is 13.0 Å². The number of carbonyl (C=O) groups is 1. The Morgan fingerprint density at radius 1 is 1.59 bits per heavy atom. The first-order valence-electron chi connectivity index (χ1n) is 5.86. The number of morpholine rings is 1. The van der Waals surface area contributed by atoms with E-state index in [1.807, 2.05) is 19.1 Å². The summed E-state index contributed by atoms with van der Waals surface area (Å²) in [6, 6.07) is 3.66. The zero-order valence-electron chi connectivity index (χ0n) is 9.93. The molecule has 1 aromatic heterocycles. The first kappa shape index (κ1) is 12.0. The first-order valence-corrected chi connectivity index (χ1v) is 5.86. The summed E-state index contributed by atoms with van der Waals surface area (Å²) < 4.78 is 5.47. The third kappa shape index (κ3) is 2.81. The molecule has 0 radical (unpaired) electrons. The van der Waals surface area contributed by atoms with Crippen molar-refractivity contribution >= 4 is 11.6 Å². The van der Waals surface area contributed by atoms with Gasteiger partial charge < -0.3 is 15.0 Å². The lowest BCUT2D eigenvalue weighted by atomic mass is 10.2. The number of pyridine rings is 1. The smallest absolute Gasteiger partial charge is 0.257 e. The lowest BCUT2D eigenvalue weighted by Crippen LogP contribution is -2.49. The molecular weight excluding hydrogens is 218 g/mol. The molecular formula is C12H17N3O2. The quantitative estimate of drug-likeness (QED) is 0.825. The van der Waals surface area contributed by atoms with Crippen molar-refractivity contribution in [3.05, 3.63) is 24.5 Å². The van der Waals surface area contributed by atoms with E-state index in [1.54, 1.807) is 17.3 Å². The van der Waals surface area contributed by atoms with E-state index in [9.17, 15) is 4.79 Å². The number of rotatable bonds is 3. The summed E-state index contributed by atoms with van der Waals surface area (Å²) in [7, 11) is 0. The fourth-order valence-corrected chi connectivity index (χ4v) is 1.89. The number of hydrogen-bond donors (Lipinski definition) is 1. The van der Waals surface area contributed by atoms with Gasteiger partial charge >= 0.3 is 0 Å². The largest absolute Gasteiger partial charge is 0.366 e. The minimum Gasteiger partial charge on any atom is -0.366 e. The molecule has 1 fully saturated rings. The first-order chi connectivity index (χ1) is 8.33. The van der Waals surface area contributed by atoms with Crippen molar-refractivity contribution in [1.29, 1.82) is 0 Å². The van der Waals surface area contributed by atoms with E-state index in [0.29, 0.717) is 19.7 Å². The molecule has 0 bridgehead atoms. The zero-order valence-corrected chi connectivity index (χ0v) is 9.93. The Balaban J connectivity index is 2.10. The third-order valence-corrected chi connectivity index (χ3v) is 2.76. The molecule has 92 valence electrons. The fourth-order valence-electron chi connectivity index (χ4n) is 1.89. The molecule has 0 aliphatic carbocycles. The highest BCUT2D eigenvalue weighted by Crippen LogP contribution is 2.14. The molecule has 17 heavy (non-hydrogen) atoms. The summed E-state index contributed by atoms with van der Waals surface area (Å²) >= 11 is 0. The molecule has 5 heteroatoms. The van der Waals surface area contributed by atoms with Gasteiger partial charge in [-0.25, -0.2) is 0 Å². The van der Waals surface area contributed by atoms with Crippen molar-refractivity contribution in [3.8, 4) is 0 Å². The Morgan fingerprint density at radius 2 is 2.35 bits per heavy atom. The van der Waals surface area contributed by atoms with Gasteiger partial charge in [-0.15, -0.1) is 0 Å². The molecule has 0 spiro atoms. The van der Waals surface area contributed by atoms with Crippen molar-refractivity contribution in [2.24, 2.45) is 0 Å². The summed E-state index contributed by atoms with van der Waals surface area (Å²) in [6.07, 6.45) is 2.99. The maximum Gasteiger partial charge on any atom is 0.257 e. The number of aromatic nitrogens is 1. The van der Waals surface area contributed by atoms with Gasteiger partial charge in [0.1, 0.15) is 6.10 Å². The Hall–Kier alpha value is -1.46. The molecule has 2 heterocycles. The number of hydrogen-bond acceptors (Lipinski definition) is 4. The standard InChI is InChI=1S/C12H17N3O2/c1-2-15(10-3-5-13-6-4-10)12(16)11-9-14-7-8-17-11/h3-6,11,14H,2,7-9H2,1H3. The molecule has 1 saturated heterocycles. The molecule has 1 unspecified atom stereocenters. The number of nitrogens with one attached hydrogen (secondary N) is 1. The van der Waals surface area contributed by atoms with Crippen LogP contribution in [0.25, 0.3) is 0 Å². The van der Waals surface area contributed by atoms with E-state index >= 15 is 0 Å². The van der Waals surface area contributed by atoms with Crippen molar-refractivity contribution in [1.82, 2.24) is 10.3 Å². The van der Waals surface area contributed by atoms with E-state index < -0.39 is 0 Å². The van der Waals surface area contributed by atoms with Gasteiger partial charge in [0.25, 0.3) is 5.91 Å². The molecule has 1 N–H and O–H groups in total. The van der Waals surface area contributed by atoms with Crippen LogP contribution in [0.1, 0.15) is 6.92 Å². The van der Waals surface area contributed by atoms with Gasteiger partial charge in [0.15, 0.2) is 0 Å². The molecule has 0 aromatic carbocycles. The van der Waals surface area contributed by atoms with Crippen LogP contribution < -0.4 is 10.2 Å². The minimum absolute atomic E-state index is 0.00546. The number of amides is 1. The van der Waals surface area contributed by atoms with Gasteiger partial charge in [-0.05, 0) is 19.1 Å². The number of likely N-dealkylation sites (N-methyl/N-ethyl adjacent to an activating group) is 1. The topological polar surface area (TPSA) is 54.5 Å². The van der Waals surface area contributed by atoms with Gasteiger partial charge in [-0.3, -0.25) is 9.78 Å². The second-order valence-electron chi connectivity index (χ2n) is 3.85. The molecule has 5 nitrogen and oxygen atoms in total. The van der Waals surface area contributed by atoms with Crippen LogP contribution in [0, 0.1) is 0 Å². The molecule has 1 aliphatic rings. The lowest BCUT2D eigenvalue weighted by Gasteiger charge is -2.29. The molecule has 1 aliphatic heterocycles. The predicted molar refractivity (Wildman–Crippen MR) is 64.9 cm³/mol. The van der Waals surface area contributed by atoms with Crippen molar-refractivity contribution in [2.75, 3.05) is 31.1 Å². The Kier molecular flexibility index (Phi) is 4.06. The van der Waals surface area contributed by atoms with E-state index in [1.165, 1.54) is 0 Å². The SMILES string of the molecule is CCN(C(=O)C1CNCCO1)c1ccncc1. The summed E-state index contributed by atoms with van der Waals surface area (Å²) in [5.74, 6) is 0.00546. The summed E-state index contributed by atoms with van der Waals surface area (Å²) in [5, 5.41) is 3.16. The van der Waals surface area contributed by atoms with Crippen LogP contribution in [-0.4, -0.2) is 43.2 Å². The predicted octanol–water partition coefficient (Wildman–Crippen LogP) is 0.423. The molecule has 1 atom stereocenters. The Bertz CT molecular complexity index is 363. The highest BCUT2D eigenvalue weighted by atomic mass is 16.5. The van der Waals surface area contributed by atoms with Crippen LogP contribution in [0.15, 0.2) is 24.5 Å². The van der Waals surface area contributed by atoms with Crippen LogP contribution >= 0.6 is 0 Å². The van der Waals surface area contributed by atoms with Gasteiger partial charge in [0.05, 0.1) is 6.61 Å². The van der Waals surface area contributed by atoms with E-state index in [0.717, 1.165) is 12.2 Å². The number of nitrogens with zero attached hydrogens (tertiary/aromatic N) is 2. The molecule has 1 aromatic rings. The Morgan fingerprint density at radius 3 is 2.94 bits per heavy atom. The summed E-state index contributed by atoms with van der Waals surface area (Å²) in [4.78, 5) is 17.9. The van der Waals surface area contributed by atoms with E-state index in [-0.39, 0.29) is 12.0 Å². The molecule has 0 saturated carbocycles. The molecule has 1 amide bonds. The second kappa shape index (κ2) is 5.75. The third-order valence-electron chi connectivity index (χ3n) is 2.76. The average Bonchev–Trinajstić information content (AvgIpc) is 2.42.